The van der Waals surface area contributed by atoms with E-state index in [2.05, 4.69) is 42.0 Å². The Hall–Kier alpha value is -2.05. The molecule has 2 aromatic rings. The summed E-state index contributed by atoms with van der Waals surface area (Å²) in [7, 11) is 0. The third kappa shape index (κ3) is 7.52. The Morgan fingerprint density at radius 1 is 1.09 bits per heavy atom. The average Bonchev–Trinajstić information content (AvgIpc) is 2.70. The summed E-state index contributed by atoms with van der Waals surface area (Å²) >= 11 is 9.52. The third-order valence-electron chi connectivity index (χ3n) is 5.01. The second-order valence-corrected chi connectivity index (χ2v) is 10.5. The first-order valence-corrected chi connectivity index (χ1v) is 11.8. The van der Waals surface area contributed by atoms with Crippen LogP contribution in [0.15, 0.2) is 46.9 Å². The van der Waals surface area contributed by atoms with Gasteiger partial charge >= 0.3 is 0 Å². The van der Waals surface area contributed by atoms with Crippen LogP contribution in [0.4, 0.5) is 0 Å². The Morgan fingerprint density at radius 3 is 2.25 bits per heavy atom. The number of amides is 2. The Labute approximate surface area is 204 Å². The largest absolute Gasteiger partial charge is 0.483 e. The molecule has 0 saturated heterocycles. The molecule has 0 aliphatic carbocycles. The molecule has 0 saturated carbocycles. The third-order valence-corrected chi connectivity index (χ3v) is 5.89. The minimum Gasteiger partial charge on any atom is -0.483 e. The molecule has 1 atom stereocenters. The second-order valence-electron chi connectivity index (χ2n) is 9.17. The number of hydrogen-bond acceptors (Lipinski definition) is 3. The summed E-state index contributed by atoms with van der Waals surface area (Å²) in [5.41, 5.74) is 2.04. The highest BCUT2D eigenvalue weighted by molar-refractivity contribution is 9.10. The van der Waals surface area contributed by atoms with Crippen LogP contribution in [-0.4, -0.2) is 35.4 Å². The van der Waals surface area contributed by atoms with Gasteiger partial charge in [0.2, 0.25) is 5.91 Å². The molecule has 5 nitrogen and oxygen atoms in total. The standard InChI is InChI=1S/C25H32BrClN2O3/c1-16(2)28-24(31)17(3)29(14-18-7-10-20(27)11-8-18)23(30)15-32-22-12-9-19(13-21(22)26)25(4,5)6/h7-13,16-17H,14-15H2,1-6H3,(H,28,31)/t17-/m1/s1. The normalized spacial score (nSPS) is 12.4. The van der Waals surface area contributed by atoms with Gasteiger partial charge in [-0.1, -0.05) is 50.6 Å². The van der Waals surface area contributed by atoms with E-state index in [-0.39, 0.29) is 36.4 Å². The van der Waals surface area contributed by atoms with Crippen molar-refractivity contribution in [2.45, 2.75) is 65.6 Å². The highest BCUT2D eigenvalue weighted by Gasteiger charge is 2.27. The lowest BCUT2D eigenvalue weighted by Crippen LogP contribution is -2.50. The maximum absolute atomic E-state index is 13.1. The van der Waals surface area contributed by atoms with Gasteiger partial charge in [0.1, 0.15) is 11.8 Å². The van der Waals surface area contributed by atoms with Gasteiger partial charge < -0.3 is 15.0 Å². The van der Waals surface area contributed by atoms with Crippen molar-refractivity contribution in [3.05, 3.63) is 63.1 Å². The summed E-state index contributed by atoms with van der Waals surface area (Å²) in [5, 5.41) is 3.49. The van der Waals surface area contributed by atoms with Gasteiger partial charge in [0.25, 0.3) is 5.91 Å². The predicted octanol–water partition coefficient (Wildman–Crippen LogP) is 5.72. The first kappa shape index (κ1) is 26.2. The van der Waals surface area contributed by atoms with Gasteiger partial charge in [-0.15, -0.1) is 0 Å². The van der Waals surface area contributed by atoms with Gasteiger partial charge in [-0.3, -0.25) is 9.59 Å². The quantitative estimate of drug-likeness (QED) is 0.481. The van der Waals surface area contributed by atoms with Crippen molar-refractivity contribution in [1.29, 1.82) is 0 Å². The van der Waals surface area contributed by atoms with Crippen LogP contribution >= 0.6 is 27.5 Å². The lowest BCUT2D eigenvalue weighted by molar-refractivity contribution is -0.142. The van der Waals surface area contributed by atoms with Crippen molar-refractivity contribution in [2.24, 2.45) is 0 Å². The van der Waals surface area contributed by atoms with Gasteiger partial charge in [0.15, 0.2) is 6.61 Å². The number of rotatable bonds is 8. The highest BCUT2D eigenvalue weighted by atomic mass is 79.9. The molecule has 0 bridgehead atoms. The topological polar surface area (TPSA) is 58.6 Å². The number of hydrogen-bond donors (Lipinski definition) is 1. The minimum absolute atomic E-state index is 0.00541. The van der Waals surface area contributed by atoms with Crippen LogP contribution < -0.4 is 10.1 Å². The SMILES string of the molecule is CC(C)NC(=O)[C@@H](C)N(Cc1ccc(Cl)cc1)C(=O)COc1ccc(C(C)(C)C)cc1Br. The molecule has 0 aliphatic heterocycles. The van der Waals surface area contributed by atoms with Crippen molar-refractivity contribution in [1.82, 2.24) is 10.2 Å². The van der Waals surface area contributed by atoms with Crippen molar-refractivity contribution in [2.75, 3.05) is 6.61 Å². The van der Waals surface area contributed by atoms with Crippen LogP contribution in [0.2, 0.25) is 5.02 Å². The molecule has 0 heterocycles. The minimum atomic E-state index is -0.657. The van der Waals surface area contributed by atoms with Crippen molar-refractivity contribution in [3.63, 3.8) is 0 Å². The molecular formula is C25H32BrClN2O3. The second kappa shape index (κ2) is 11.2. The zero-order chi connectivity index (χ0) is 24.1. The first-order valence-electron chi connectivity index (χ1n) is 10.7. The zero-order valence-electron chi connectivity index (χ0n) is 19.5. The van der Waals surface area contributed by atoms with Gasteiger partial charge in [0, 0.05) is 17.6 Å². The van der Waals surface area contributed by atoms with E-state index in [0.717, 1.165) is 15.6 Å². The van der Waals surface area contributed by atoms with Gasteiger partial charge in [-0.25, -0.2) is 0 Å². The van der Waals surface area contributed by atoms with E-state index in [1.165, 1.54) is 4.90 Å². The number of halogens is 2. The van der Waals surface area contributed by atoms with E-state index in [9.17, 15) is 9.59 Å². The smallest absolute Gasteiger partial charge is 0.261 e. The molecule has 0 spiro atoms. The molecule has 0 aliphatic rings. The van der Waals surface area contributed by atoms with Crippen LogP contribution in [0.3, 0.4) is 0 Å². The number of carbonyl (C=O) groups excluding carboxylic acids is 2. The van der Waals surface area contributed by atoms with Crippen LogP contribution in [0, 0.1) is 0 Å². The molecule has 0 fully saturated rings. The maximum atomic E-state index is 13.1. The van der Waals surface area contributed by atoms with Crippen molar-refractivity contribution < 1.29 is 14.3 Å². The highest BCUT2D eigenvalue weighted by Crippen LogP contribution is 2.31. The summed E-state index contributed by atoms with van der Waals surface area (Å²) in [4.78, 5) is 27.3. The summed E-state index contributed by atoms with van der Waals surface area (Å²) in [5.74, 6) is 0.0910. The van der Waals surface area contributed by atoms with Gasteiger partial charge in [-0.2, -0.15) is 0 Å². The van der Waals surface area contributed by atoms with E-state index in [1.54, 1.807) is 19.1 Å². The molecule has 174 valence electrons. The van der Waals surface area contributed by atoms with Crippen LogP contribution in [0.25, 0.3) is 0 Å². The fraction of sp³-hybridized carbons (Fsp3) is 0.440. The van der Waals surface area contributed by atoms with E-state index >= 15 is 0 Å². The predicted molar refractivity (Wildman–Crippen MR) is 133 cm³/mol. The van der Waals surface area contributed by atoms with Gasteiger partial charge in [0.05, 0.1) is 4.47 Å². The van der Waals surface area contributed by atoms with Gasteiger partial charge in [-0.05, 0) is 77.5 Å². The number of carbonyl (C=O) groups is 2. The number of nitrogens with zero attached hydrogens (tertiary/aromatic N) is 1. The Morgan fingerprint density at radius 2 is 1.72 bits per heavy atom. The number of nitrogens with one attached hydrogen (secondary N) is 1. The molecule has 7 heteroatoms. The van der Waals surface area contributed by atoms with E-state index in [1.807, 2.05) is 44.2 Å². The maximum Gasteiger partial charge on any atom is 0.261 e. The van der Waals surface area contributed by atoms with E-state index in [4.69, 9.17) is 16.3 Å². The molecule has 0 unspecified atom stereocenters. The van der Waals surface area contributed by atoms with E-state index < -0.39 is 6.04 Å². The Kier molecular flexibility index (Phi) is 9.17. The van der Waals surface area contributed by atoms with Crippen molar-refractivity contribution in [3.8, 4) is 5.75 Å². The van der Waals surface area contributed by atoms with E-state index in [0.29, 0.717) is 10.8 Å². The van der Waals surface area contributed by atoms with Crippen LogP contribution in [0.1, 0.15) is 52.7 Å². The Balaban J connectivity index is 2.18. The average molecular weight is 524 g/mol. The molecule has 2 rings (SSSR count). The number of ether oxygens (including phenoxy) is 1. The lowest BCUT2D eigenvalue weighted by Gasteiger charge is -2.29. The molecule has 2 amide bonds. The lowest BCUT2D eigenvalue weighted by atomic mass is 9.87. The molecule has 1 N–H and O–H groups in total. The van der Waals surface area contributed by atoms with Crippen LogP contribution in [0.5, 0.6) is 5.75 Å². The monoisotopic (exact) mass is 522 g/mol. The number of benzene rings is 2. The summed E-state index contributed by atoms with van der Waals surface area (Å²) in [6.45, 7) is 12.0. The van der Waals surface area contributed by atoms with Crippen molar-refractivity contribution >= 4 is 39.3 Å². The molecular weight excluding hydrogens is 492 g/mol. The first-order chi connectivity index (χ1) is 14.9. The molecule has 2 aromatic carbocycles. The Bertz CT molecular complexity index is 939. The van der Waals surface area contributed by atoms with Crippen LogP contribution in [-0.2, 0) is 21.5 Å². The fourth-order valence-corrected chi connectivity index (χ4v) is 3.70. The molecule has 0 radical (unpaired) electrons. The fourth-order valence-electron chi connectivity index (χ4n) is 3.08. The summed E-state index contributed by atoms with van der Waals surface area (Å²) < 4.78 is 6.61. The molecule has 0 aromatic heterocycles. The molecule has 32 heavy (non-hydrogen) atoms. The summed E-state index contributed by atoms with van der Waals surface area (Å²) in [6, 6.07) is 12.4. The zero-order valence-corrected chi connectivity index (χ0v) is 21.9. The summed E-state index contributed by atoms with van der Waals surface area (Å²) in [6.07, 6.45) is 0.